The highest BCUT2D eigenvalue weighted by Crippen LogP contribution is 2.18. The zero-order valence-electron chi connectivity index (χ0n) is 16.1. The van der Waals surface area contributed by atoms with Crippen molar-refractivity contribution in [2.24, 2.45) is 0 Å². The summed E-state index contributed by atoms with van der Waals surface area (Å²) in [5.74, 6) is -0.493. The number of sulfone groups is 1. The Morgan fingerprint density at radius 3 is 1.79 bits per heavy atom. The predicted octanol–water partition coefficient (Wildman–Crippen LogP) is -0.443. The maximum Gasteiger partial charge on any atom is 0.243 e. The fourth-order valence-corrected chi connectivity index (χ4v) is 6.06. The number of carbonyl (C=O) groups is 2. The van der Waals surface area contributed by atoms with E-state index >= 15 is 0 Å². The van der Waals surface area contributed by atoms with Crippen LogP contribution in [0, 0.1) is 0 Å². The van der Waals surface area contributed by atoms with Crippen molar-refractivity contribution in [1.82, 2.24) is 14.1 Å². The molecule has 3 rings (SSSR count). The number of carbonyl (C=O) groups excluding carboxylic acids is 2. The van der Waals surface area contributed by atoms with Gasteiger partial charge in [0.25, 0.3) is 0 Å². The van der Waals surface area contributed by atoms with E-state index in [4.69, 9.17) is 0 Å². The summed E-state index contributed by atoms with van der Waals surface area (Å²) in [7, 11) is -6.63. The fraction of sp³-hybridized carbons (Fsp3) is 0.556. The summed E-state index contributed by atoms with van der Waals surface area (Å²) >= 11 is 0. The largest absolute Gasteiger partial charge is 0.341 e. The van der Waals surface area contributed by atoms with Crippen molar-refractivity contribution in [3.8, 4) is 0 Å². The highest BCUT2D eigenvalue weighted by molar-refractivity contribution is 7.91. The highest BCUT2D eigenvalue weighted by Gasteiger charge is 2.30. The van der Waals surface area contributed by atoms with Crippen LogP contribution < -0.4 is 0 Å². The van der Waals surface area contributed by atoms with Crippen molar-refractivity contribution >= 4 is 31.7 Å². The van der Waals surface area contributed by atoms with Gasteiger partial charge in [0.2, 0.25) is 21.8 Å². The second-order valence-corrected chi connectivity index (χ2v) is 11.4. The molecule has 0 N–H and O–H groups in total. The lowest BCUT2D eigenvalue weighted by Crippen LogP contribution is -2.50. The quantitative estimate of drug-likeness (QED) is 0.610. The number of rotatable bonds is 5. The molecule has 0 unspecified atom stereocenters. The minimum atomic E-state index is -3.58. The highest BCUT2D eigenvalue weighted by atomic mass is 32.2. The Morgan fingerprint density at radius 1 is 0.793 bits per heavy atom. The van der Waals surface area contributed by atoms with Crippen LogP contribution >= 0.6 is 0 Å². The Hall–Kier alpha value is -1.98. The maximum absolute atomic E-state index is 12.6. The molecule has 2 aliphatic rings. The SMILES string of the molecule is O=C(CCC(=O)N1CCS(=O)(=O)CC1)N1CCN(S(=O)(=O)c2ccccc2)CC1. The third-order valence-electron chi connectivity index (χ3n) is 5.22. The molecule has 2 saturated heterocycles. The number of nitrogens with zero attached hydrogens (tertiary/aromatic N) is 3. The van der Waals surface area contributed by atoms with Crippen molar-refractivity contribution in [3.63, 3.8) is 0 Å². The molecule has 1 aromatic rings. The van der Waals surface area contributed by atoms with Gasteiger partial charge in [0.05, 0.1) is 16.4 Å². The van der Waals surface area contributed by atoms with Gasteiger partial charge in [-0.2, -0.15) is 4.31 Å². The summed E-state index contributed by atoms with van der Waals surface area (Å²) in [5, 5.41) is 0. The number of hydrogen-bond donors (Lipinski definition) is 0. The van der Waals surface area contributed by atoms with E-state index in [0.717, 1.165) is 0 Å². The van der Waals surface area contributed by atoms with Gasteiger partial charge in [-0.1, -0.05) is 18.2 Å². The van der Waals surface area contributed by atoms with Crippen LogP contribution in [0.4, 0.5) is 0 Å². The molecule has 0 aromatic heterocycles. The molecule has 2 aliphatic heterocycles. The van der Waals surface area contributed by atoms with E-state index in [1.54, 1.807) is 35.2 Å². The van der Waals surface area contributed by atoms with Crippen LogP contribution in [-0.2, 0) is 29.4 Å². The topological polar surface area (TPSA) is 112 Å². The van der Waals surface area contributed by atoms with Gasteiger partial charge in [0.15, 0.2) is 9.84 Å². The molecule has 0 atom stereocenters. The van der Waals surface area contributed by atoms with Crippen LogP contribution in [0.2, 0.25) is 0 Å². The molecule has 2 heterocycles. The van der Waals surface area contributed by atoms with Gasteiger partial charge in [-0.3, -0.25) is 9.59 Å². The average molecular weight is 444 g/mol. The van der Waals surface area contributed by atoms with E-state index in [9.17, 15) is 26.4 Å². The third-order valence-corrected chi connectivity index (χ3v) is 8.74. The van der Waals surface area contributed by atoms with Gasteiger partial charge in [-0.25, -0.2) is 16.8 Å². The van der Waals surface area contributed by atoms with E-state index in [1.807, 2.05) is 0 Å². The number of amides is 2. The molecule has 2 fully saturated rings. The molecule has 1 aromatic carbocycles. The molecular formula is C18H25N3O6S2. The van der Waals surface area contributed by atoms with E-state index in [-0.39, 0.29) is 80.3 Å². The summed E-state index contributed by atoms with van der Waals surface area (Å²) in [6.45, 7) is 1.32. The first-order chi connectivity index (χ1) is 13.7. The van der Waals surface area contributed by atoms with Crippen LogP contribution in [-0.4, -0.2) is 93.5 Å². The second kappa shape index (κ2) is 8.80. The molecule has 160 valence electrons. The van der Waals surface area contributed by atoms with Crippen molar-refractivity contribution in [2.75, 3.05) is 50.8 Å². The molecule has 11 heteroatoms. The van der Waals surface area contributed by atoms with Gasteiger partial charge in [0.1, 0.15) is 0 Å². The van der Waals surface area contributed by atoms with Crippen LogP contribution in [0.1, 0.15) is 12.8 Å². The summed E-state index contributed by atoms with van der Waals surface area (Å²) in [6.07, 6.45) is 0.0644. The zero-order valence-corrected chi connectivity index (χ0v) is 17.7. The van der Waals surface area contributed by atoms with Gasteiger partial charge < -0.3 is 9.80 Å². The standard InChI is InChI=1S/C18H25N3O6S2/c22-17(6-7-18(23)20-12-14-28(24,25)15-13-20)19-8-10-21(11-9-19)29(26,27)16-4-2-1-3-5-16/h1-5H,6-15H2. The Morgan fingerprint density at radius 2 is 1.28 bits per heavy atom. The zero-order chi connectivity index (χ0) is 21.1. The molecule has 29 heavy (non-hydrogen) atoms. The van der Waals surface area contributed by atoms with E-state index in [2.05, 4.69) is 0 Å². The van der Waals surface area contributed by atoms with Gasteiger partial charge in [-0.15, -0.1) is 0 Å². The molecule has 0 spiro atoms. The van der Waals surface area contributed by atoms with E-state index in [0.29, 0.717) is 0 Å². The van der Waals surface area contributed by atoms with Crippen molar-refractivity contribution < 1.29 is 26.4 Å². The number of sulfonamides is 1. The Bertz CT molecular complexity index is 941. The lowest BCUT2D eigenvalue weighted by molar-refractivity contribution is -0.137. The summed E-state index contributed by atoms with van der Waals surface area (Å²) in [6, 6.07) is 8.18. The fourth-order valence-electron chi connectivity index (χ4n) is 3.41. The molecule has 9 nitrogen and oxygen atoms in total. The number of hydrogen-bond acceptors (Lipinski definition) is 6. The second-order valence-electron chi connectivity index (χ2n) is 7.13. The Labute approximate surface area is 171 Å². The average Bonchev–Trinajstić information content (AvgIpc) is 2.72. The molecule has 0 radical (unpaired) electrons. The van der Waals surface area contributed by atoms with Gasteiger partial charge >= 0.3 is 0 Å². The summed E-state index contributed by atoms with van der Waals surface area (Å²) in [5.41, 5.74) is 0. The third kappa shape index (κ3) is 5.34. The minimum absolute atomic E-state index is 0.0292. The van der Waals surface area contributed by atoms with Gasteiger partial charge in [-0.05, 0) is 12.1 Å². The summed E-state index contributed by atoms with van der Waals surface area (Å²) < 4.78 is 49.5. The minimum Gasteiger partial charge on any atom is -0.341 e. The molecule has 2 amide bonds. The monoisotopic (exact) mass is 443 g/mol. The lowest BCUT2D eigenvalue weighted by Gasteiger charge is -2.34. The van der Waals surface area contributed by atoms with Crippen LogP contribution in [0.25, 0.3) is 0 Å². The van der Waals surface area contributed by atoms with Crippen molar-refractivity contribution in [1.29, 1.82) is 0 Å². The normalized spacial score (nSPS) is 20.4. The van der Waals surface area contributed by atoms with Crippen LogP contribution in [0.3, 0.4) is 0 Å². The Kier molecular flexibility index (Phi) is 6.59. The molecular weight excluding hydrogens is 418 g/mol. The lowest BCUT2D eigenvalue weighted by atomic mass is 10.2. The molecule has 0 aliphatic carbocycles. The summed E-state index contributed by atoms with van der Waals surface area (Å²) in [4.78, 5) is 27.9. The number of piperazine rings is 1. The predicted molar refractivity (Wildman–Crippen MR) is 106 cm³/mol. The van der Waals surface area contributed by atoms with E-state index in [1.165, 1.54) is 9.21 Å². The number of benzene rings is 1. The van der Waals surface area contributed by atoms with Crippen LogP contribution in [0.15, 0.2) is 35.2 Å². The van der Waals surface area contributed by atoms with E-state index < -0.39 is 19.9 Å². The molecule has 0 bridgehead atoms. The maximum atomic E-state index is 12.6. The van der Waals surface area contributed by atoms with Gasteiger partial charge in [0, 0.05) is 52.1 Å². The Balaban J connectivity index is 1.46. The first-order valence-corrected chi connectivity index (χ1v) is 12.8. The first-order valence-electron chi connectivity index (χ1n) is 9.50. The smallest absolute Gasteiger partial charge is 0.243 e. The first kappa shape index (κ1) is 21.7. The van der Waals surface area contributed by atoms with Crippen molar-refractivity contribution in [2.45, 2.75) is 17.7 Å². The van der Waals surface area contributed by atoms with Crippen LogP contribution in [0.5, 0.6) is 0 Å². The molecule has 0 saturated carbocycles. The van der Waals surface area contributed by atoms with Crippen molar-refractivity contribution in [3.05, 3.63) is 30.3 Å².